The van der Waals surface area contributed by atoms with E-state index in [0.29, 0.717) is 18.7 Å². The van der Waals surface area contributed by atoms with Gasteiger partial charge in [0.05, 0.1) is 9.93 Å². The van der Waals surface area contributed by atoms with E-state index in [9.17, 15) is 18.9 Å². The predicted molar refractivity (Wildman–Crippen MR) is 78.8 cm³/mol. The van der Waals surface area contributed by atoms with E-state index in [1.54, 1.807) is 17.5 Å². The topological polar surface area (TPSA) is 77.3 Å². The Balaban J connectivity index is 2.02. The normalized spacial score (nSPS) is 10.7. The maximum absolute atomic E-state index is 12.3. The van der Waals surface area contributed by atoms with Crippen LogP contribution < -0.4 is 10.1 Å². The fourth-order valence-electron chi connectivity index (χ4n) is 1.80. The molecule has 0 aliphatic heterocycles. The number of nitrogens with one attached hydrogen (secondary N) is 1. The van der Waals surface area contributed by atoms with Gasteiger partial charge in [0.2, 0.25) is 5.75 Å². The first-order chi connectivity index (χ1) is 10.5. The average molecular weight is 329 g/mol. The molecule has 1 aromatic carbocycles. The lowest BCUT2D eigenvalue weighted by Gasteiger charge is -2.09. The summed E-state index contributed by atoms with van der Waals surface area (Å²) < 4.78 is 28.8. The summed E-state index contributed by atoms with van der Waals surface area (Å²) in [5, 5.41) is 14.7. The first-order valence-electron chi connectivity index (χ1n) is 6.34. The van der Waals surface area contributed by atoms with Crippen molar-refractivity contribution in [3.05, 3.63) is 44.4 Å². The molecule has 0 fully saturated rings. The minimum atomic E-state index is -3.12. The zero-order valence-corrected chi connectivity index (χ0v) is 12.4. The zero-order chi connectivity index (χ0) is 16.1. The second-order valence-electron chi connectivity index (χ2n) is 4.36. The summed E-state index contributed by atoms with van der Waals surface area (Å²) in [6.07, 6.45) is 2.45. The number of rotatable bonds is 7. The molecule has 1 heterocycles. The number of nitro groups is 1. The fraction of sp³-hybridized carbons (Fsp3) is 0.308. The fourth-order valence-corrected chi connectivity index (χ4v) is 2.58. The summed E-state index contributed by atoms with van der Waals surface area (Å²) >= 11 is 1.58. The Labute approximate surface area is 128 Å². The molecule has 0 amide bonds. The van der Waals surface area contributed by atoms with Gasteiger partial charge >= 0.3 is 12.3 Å². The zero-order valence-electron chi connectivity index (χ0n) is 11.6. The number of aromatic nitrogens is 1. The van der Waals surface area contributed by atoms with E-state index < -0.39 is 23.0 Å². The number of benzene rings is 1. The summed E-state index contributed by atoms with van der Waals surface area (Å²) in [5.74, 6) is -0.463. The number of anilines is 1. The van der Waals surface area contributed by atoms with Gasteiger partial charge in [0, 0.05) is 41.9 Å². The number of thiazole rings is 1. The van der Waals surface area contributed by atoms with Gasteiger partial charge in [0.25, 0.3) is 0 Å². The van der Waals surface area contributed by atoms with E-state index in [1.807, 2.05) is 6.92 Å². The van der Waals surface area contributed by atoms with Gasteiger partial charge in [-0.2, -0.15) is 8.78 Å². The van der Waals surface area contributed by atoms with Crippen molar-refractivity contribution in [2.24, 2.45) is 0 Å². The van der Waals surface area contributed by atoms with Gasteiger partial charge in [0.15, 0.2) is 0 Å². The maximum Gasteiger partial charge on any atom is 0.387 e. The molecule has 0 unspecified atom stereocenters. The van der Waals surface area contributed by atoms with Crippen molar-refractivity contribution < 1.29 is 18.4 Å². The van der Waals surface area contributed by atoms with Crippen LogP contribution in [-0.4, -0.2) is 23.1 Å². The van der Waals surface area contributed by atoms with E-state index in [2.05, 4.69) is 15.0 Å². The van der Waals surface area contributed by atoms with Crippen molar-refractivity contribution >= 4 is 22.7 Å². The first kappa shape index (κ1) is 16.1. The summed E-state index contributed by atoms with van der Waals surface area (Å²) in [6.45, 7) is -0.634. The van der Waals surface area contributed by atoms with E-state index in [-0.39, 0.29) is 0 Å². The monoisotopic (exact) mass is 329 g/mol. The SMILES string of the molecule is Cc1cnc(CCNc2ccc([N+](=O)[O-])c(OC(F)F)c2)s1. The van der Waals surface area contributed by atoms with Gasteiger partial charge in [0.1, 0.15) is 0 Å². The Morgan fingerprint density at radius 2 is 2.27 bits per heavy atom. The summed E-state index contributed by atoms with van der Waals surface area (Å²) in [4.78, 5) is 15.3. The molecule has 0 aliphatic rings. The van der Waals surface area contributed by atoms with Gasteiger partial charge < -0.3 is 10.1 Å². The lowest BCUT2D eigenvalue weighted by molar-refractivity contribution is -0.386. The molecule has 118 valence electrons. The van der Waals surface area contributed by atoms with Gasteiger partial charge in [-0.15, -0.1) is 11.3 Å². The van der Waals surface area contributed by atoms with Crippen LogP contribution in [0.1, 0.15) is 9.88 Å². The van der Waals surface area contributed by atoms with Crippen molar-refractivity contribution in [2.45, 2.75) is 20.0 Å². The molecule has 0 radical (unpaired) electrons. The first-order valence-corrected chi connectivity index (χ1v) is 7.16. The number of nitro benzene ring substituents is 1. The van der Waals surface area contributed by atoms with Crippen molar-refractivity contribution in [2.75, 3.05) is 11.9 Å². The smallest absolute Gasteiger partial charge is 0.387 e. The van der Waals surface area contributed by atoms with Crippen molar-refractivity contribution in [3.8, 4) is 5.75 Å². The molecular weight excluding hydrogens is 316 g/mol. The molecule has 0 saturated carbocycles. The van der Waals surface area contributed by atoms with Crippen LogP contribution in [0.3, 0.4) is 0 Å². The van der Waals surface area contributed by atoms with Crippen LogP contribution in [0.25, 0.3) is 0 Å². The third-order valence-electron chi connectivity index (χ3n) is 2.71. The van der Waals surface area contributed by atoms with Crippen molar-refractivity contribution in [1.29, 1.82) is 0 Å². The molecule has 2 rings (SSSR count). The number of ether oxygens (including phenoxy) is 1. The second kappa shape index (κ2) is 7.12. The number of nitrogens with zero attached hydrogens (tertiary/aromatic N) is 2. The lowest BCUT2D eigenvalue weighted by Crippen LogP contribution is -2.07. The Bertz CT molecular complexity index is 664. The predicted octanol–water partition coefficient (Wildman–Crippen LogP) is 3.62. The molecular formula is C13H13F2N3O3S. The van der Waals surface area contributed by atoms with E-state index in [0.717, 1.165) is 16.0 Å². The van der Waals surface area contributed by atoms with Gasteiger partial charge in [-0.3, -0.25) is 10.1 Å². The number of hydrogen-bond acceptors (Lipinski definition) is 6. The molecule has 0 bridgehead atoms. The van der Waals surface area contributed by atoms with E-state index >= 15 is 0 Å². The molecule has 0 saturated heterocycles. The van der Waals surface area contributed by atoms with Crippen LogP contribution in [-0.2, 0) is 6.42 Å². The van der Waals surface area contributed by atoms with Crippen molar-refractivity contribution in [1.82, 2.24) is 4.98 Å². The highest BCUT2D eigenvalue weighted by Crippen LogP contribution is 2.31. The minimum Gasteiger partial charge on any atom is -0.427 e. The molecule has 1 aromatic heterocycles. The highest BCUT2D eigenvalue weighted by molar-refractivity contribution is 7.11. The van der Waals surface area contributed by atoms with E-state index in [1.165, 1.54) is 12.1 Å². The second-order valence-corrected chi connectivity index (χ2v) is 5.68. The average Bonchev–Trinajstić information content (AvgIpc) is 2.83. The molecule has 0 atom stereocenters. The Morgan fingerprint density at radius 1 is 1.50 bits per heavy atom. The Morgan fingerprint density at radius 3 is 2.86 bits per heavy atom. The van der Waals surface area contributed by atoms with E-state index in [4.69, 9.17) is 0 Å². The molecule has 0 aliphatic carbocycles. The standard InChI is InChI=1S/C13H13F2N3O3S/c1-8-7-17-12(22-8)4-5-16-9-2-3-10(18(19)20)11(6-9)21-13(14)15/h2-3,6-7,13,16H,4-5H2,1H3. The van der Waals surface area contributed by atoms with Crippen molar-refractivity contribution in [3.63, 3.8) is 0 Å². The largest absolute Gasteiger partial charge is 0.427 e. The molecule has 0 spiro atoms. The highest BCUT2D eigenvalue weighted by Gasteiger charge is 2.18. The third kappa shape index (κ3) is 4.35. The summed E-state index contributed by atoms with van der Waals surface area (Å²) in [5.41, 5.74) is -0.0315. The van der Waals surface area contributed by atoms with Crippen LogP contribution in [0.2, 0.25) is 0 Å². The van der Waals surface area contributed by atoms with Crippen LogP contribution in [0.5, 0.6) is 5.75 Å². The molecule has 22 heavy (non-hydrogen) atoms. The molecule has 1 N–H and O–H groups in total. The third-order valence-corrected chi connectivity index (χ3v) is 3.68. The van der Waals surface area contributed by atoms with Crippen LogP contribution in [0.4, 0.5) is 20.2 Å². The quantitative estimate of drug-likeness (QED) is 0.620. The summed E-state index contributed by atoms with van der Waals surface area (Å²) in [7, 11) is 0. The number of aryl methyl sites for hydroxylation is 1. The maximum atomic E-state index is 12.3. The van der Waals surface area contributed by atoms with Crippen LogP contribution in [0, 0.1) is 17.0 Å². The number of alkyl halides is 2. The molecule has 6 nitrogen and oxygen atoms in total. The van der Waals surface area contributed by atoms with Gasteiger partial charge in [-0.1, -0.05) is 0 Å². The highest BCUT2D eigenvalue weighted by atomic mass is 32.1. The summed E-state index contributed by atoms with van der Waals surface area (Å²) in [6, 6.07) is 3.77. The van der Waals surface area contributed by atoms with Crippen LogP contribution in [0.15, 0.2) is 24.4 Å². The molecule has 9 heteroatoms. The number of halogens is 2. The Hall–Kier alpha value is -2.29. The number of hydrogen-bond donors (Lipinski definition) is 1. The van der Waals surface area contributed by atoms with Crippen LogP contribution >= 0.6 is 11.3 Å². The Kier molecular flexibility index (Phi) is 5.21. The molecule has 2 aromatic rings. The van der Waals surface area contributed by atoms with Gasteiger partial charge in [-0.25, -0.2) is 4.98 Å². The minimum absolute atomic E-state index is 0.463. The van der Waals surface area contributed by atoms with Gasteiger partial charge in [-0.05, 0) is 13.0 Å². The lowest BCUT2D eigenvalue weighted by atomic mass is 10.2.